The first-order valence-corrected chi connectivity index (χ1v) is 7.59. The van der Waals surface area contributed by atoms with E-state index in [9.17, 15) is 4.79 Å². The summed E-state index contributed by atoms with van der Waals surface area (Å²) < 4.78 is 0. The third-order valence-corrected chi connectivity index (χ3v) is 4.29. The summed E-state index contributed by atoms with van der Waals surface area (Å²) in [6, 6.07) is 0.543. The average Bonchev–Trinajstić information content (AvgIpc) is 3.04. The Bertz CT molecular complexity index is 395. The Morgan fingerprint density at radius 2 is 2.35 bits per heavy atom. The molecule has 2 heterocycles. The minimum Gasteiger partial charge on any atom is -0.350 e. The van der Waals surface area contributed by atoms with Gasteiger partial charge in [0.1, 0.15) is 0 Å². The van der Waals surface area contributed by atoms with Gasteiger partial charge in [0.15, 0.2) is 0 Å². The summed E-state index contributed by atoms with van der Waals surface area (Å²) in [7, 11) is 0. The maximum atomic E-state index is 11.7. The number of amides is 1. The molecule has 1 atom stereocenters. The van der Waals surface area contributed by atoms with Gasteiger partial charge >= 0.3 is 0 Å². The number of thiazole rings is 1. The summed E-state index contributed by atoms with van der Waals surface area (Å²) in [4.78, 5) is 16.1. The third-order valence-electron chi connectivity index (χ3n) is 3.25. The van der Waals surface area contributed by atoms with Crippen LogP contribution in [0.4, 0.5) is 0 Å². The highest BCUT2D eigenvalue weighted by molar-refractivity contribution is 7.09. The first kappa shape index (κ1) is 19.6. The molecule has 0 saturated carbocycles. The highest BCUT2D eigenvalue weighted by Gasteiger charge is 2.15. The summed E-state index contributed by atoms with van der Waals surface area (Å²) >= 11 is 1.66. The number of nitrogens with one attached hydrogen (secondary N) is 2. The molecule has 1 unspecified atom stereocenters. The van der Waals surface area contributed by atoms with Crippen molar-refractivity contribution in [3.63, 3.8) is 0 Å². The largest absolute Gasteiger partial charge is 0.350 e. The number of hydrogen-bond donors (Lipinski definition) is 2. The molecule has 1 aromatic heterocycles. The molecule has 1 fully saturated rings. The lowest BCUT2D eigenvalue weighted by Crippen LogP contribution is -2.27. The molecule has 7 heteroatoms. The van der Waals surface area contributed by atoms with Gasteiger partial charge in [0.25, 0.3) is 0 Å². The van der Waals surface area contributed by atoms with Crippen LogP contribution in [0.1, 0.15) is 43.3 Å². The molecule has 20 heavy (non-hydrogen) atoms. The van der Waals surface area contributed by atoms with Crippen LogP contribution >= 0.6 is 36.2 Å². The van der Waals surface area contributed by atoms with E-state index in [1.807, 2.05) is 5.38 Å². The second-order valence-electron chi connectivity index (χ2n) is 4.69. The maximum absolute atomic E-state index is 11.7. The van der Waals surface area contributed by atoms with Crippen LogP contribution in [0.5, 0.6) is 0 Å². The van der Waals surface area contributed by atoms with Crippen molar-refractivity contribution in [2.75, 3.05) is 6.54 Å². The zero-order valence-electron chi connectivity index (χ0n) is 11.7. The molecule has 2 rings (SSSR count). The van der Waals surface area contributed by atoms with Crippen LogP contribution in [0.3, 0.4) is 0 Å². The minimum atomic E-state index is 0. The van der Waals surface area contributed by atoms with Crippen LogP contribution in [0.2, 0.25) is 0 Å². The number of carbonyl (C=O) groups is 1. The molecule has 0 spiro atoms. The Labute approximate surface area is 137 Å². The fourth-order valence-corrected chi connectivity index (χ4v) is 2.92. The molecule has 116 valence electrons. The summed E-state index contributed by atoms with van der Waals surface area (Å²) in [5, 5.41) is 9.50. The van der Waals surface area contributed by atoms with Crippen molar-refractivity contribution in [1.29, 1.82) is 0 Å². The number of halogens is 2. The zero-order valence-corrected chi connectivity index (χ0v) is 14.1. The van der Waals surface area contributed by atoms with Gasteiger partial charge in [0.2, 0.25) is 5.91 Å². The fourth-order valence-electron chi connectivity index (χ4n) is 2.18. The monoisotopic (exact) mass is 339 g/mol. The van der Waals surface area contributed by atoms with E-state index in [1.54, 1.807) is 11.3 Å². The van der Waals surface area contributed by atoms with Crippen molar-refractivity contribution in [3.05, 3.63) is 16.1 Å². The van der Waals surface area contributed by atoms with Crippen molar-refractivity contribution in [3.8, 4) is 0 Å². The highest BCUT2D eigenvalue weighted by Crippen LogP contribution is 2.11. The van der Waals surface area contributed by atoms with E-state index in [-0.39, 0.29) is 30.7 Å². The van der Waals surface area contributed by atoms with E-state index in [4.69, 9.17) is 0 Å². The lowest BCUT2D eigenvalue weighted by atomic mass is 10.1. The van der Waals surface area contributed by atoms with Crippen LogP contribution in [0.15, 0.2) is 5.38 Å². The number of aryl methyl sites for hydroxylation is 1. The average molecular weight is 340 g/mol. The SMILES string of the molecule is CCc1nc(CNC(=O)CCC2CCCN2)cs1.Cl.Cl. The summed E-state index contributed by atoms with van der Waals surface area (Å²) in [6.07, 6.45) is 4.97. The molecular weight excluding hydrogens is 317 g/mol. The summed E-state index contributed by atoms with van der Waals surface area (Å²) in [5.74, 6) is 0.134. The van der Waals surface area contributed by atoms with Crippen LogP contribution in [0, 0.1) is 0 Å². The van der Waals surface area contributed by atoms with E-state index in [0.717, 1.165) is 30.1 Å². The number of rotatable bonds is 6. The van der Waals surface area contributed by atoms with E-state index in [1.165, 1.54) is 12.8 Å². The van der Waals surface area contributed by atoms with E-state index < -0.39 is 0 Å². The van der Waals surface area contributed by atoms with E-state index >= 15 is 0 Å². The van der Waals surface area contributed by atoms with Gasteiger partial charge in [-0.05, 0) is 32.2 Å². The molecule has 1 aliphatic heterocycles. The molecule has 0 aliphatic carbocycles. The third kappa shape index (κ3) is 6.39. The first-order valence-electron chi connectivity index (χ1n) is 6.71. The molecule has 1 aliphatic rings. The van der Waals surface area contributed by atoms with Crippen molar-refractivity contribution < 1.29 is 4.79 Å². The lowest BCUT2D eigenvalue weighted by molar-refractivity contribution is -0.121. The van der Waals surface area contributed by atoms with Gasteiger partial charge in [0, 0.05) is 17.8 Å². The maximum Gasteiger partial charge on any atom is 0.220 e. The molecule has 1 aromatic rings. The van der Waals surface area contributed by atoms with Gasteiger partial charge in [-0.3, -0.25) is 4.79 Å². The molecule has 0 radical (unpaired) electrons. The molecule has 0 aromatic carbocycles. The van der Waals surface area contributed by atoms with Crippen molar-refractivity contribution in [2.45, 2.75) is 51.6 Å². The normalized spacial score (nSPS) is 17.1. The van der Waals surface area contributed by atoms with Gasteiger partial charge < -0.3 is 10.6 Å². The van der Waals surface area contributed by atoms with Gasteiger partial charge in [-0.25, -0.2) is 4.98 Å². The standard InChI is InChI=1S/C13H21N3OS.2ClH/c1-2-13-16-11(9-18-13)8-15-12(17)6-5-10-4-3-7-14-10;;/h9-10,14H,2-8H2,1H3,(H,15,17);2*1H. The number of carbonyl (C=O) groups excluding carboxylic acids is 1. The molecule has 1 saturated heterocycles. The predicted molar refractivity (Wildman–Crippen MR) is 88.1 cm³/mol. The van der Waals surface area contributed by atoms with Gasteiger partial charge in [-0.2, -0.15) is 0 Å². The highest BCUT2D eigenvalue weighted by atomic mass is 35.5. The zero-order chi connectivity index (χ0) is 12.8. The van der Waals surface area contributed by atoms with Crippen molar-refractivity contribution in [2.24, 2.45) is 0 Å². The molecule has 1 amide bonds. The smallest absolute Gasteiger partial charge is 0.220 e. The molecule has 4 nitrogen and oxygen atoms in total. The lowest BCUT2D eigenvalue weighted by Gasteiger charge is -2.09. The number of hydrogen-bond acceptors (Lipinski definition) is 4. The summed E-state index contributed by atoms with van der Waals surface area (Å²) in [6.45, 7) is 3.76. The predicted octanol–water partition coefficient (Wildman–Crippen LogP) is 2.70. The second kappa shape index (κ2) is 10.4. The van der Waals surface area contributed by atoms with Crippen molar-refractivity contribution in [1.82, 2.24) is 15.6 Å². The number of nitrogens with zero attached hydrogens (tertiary/aromatic N) is 1. The van der Waals surface area contributed by atoms with E-state index in [2.05, 4.69) is 22.5 Å². The van der Waals surface area contributed by atoms with Gasteiger partial charge in [-0.15, -0.1) is 36.2 Å². The molecule has 2 N–H and O–H groups in total. The van der Waals surface area contributed by atoms with Crippen LogP contribution < -0.4 is 10.6 Å². The Morgan fingerprint density at radius 1 is 1.55 bits per heavy atom. The van der Waals surface area contributed by atoms with E-state index in [0.29, 0.717) is 19.0 Å². The number of aromatic nitrogens is 1. The van der Waals surface area contributed by atoms with Crippen molar-refractivity contribution >= 4 is 42.1 Å². The Balaban J connectivity index is 0.00000180. The van der Waals surface area contributed by atoms with Gasteiger partial charge in [0.05, 0.1) is 17.2 Å². The van der Waals surface area contributed by atoms with Gasteiger partial charge in [-0.1, -0.05) is 6.92 Å². The van der Waals surface area contributed by atoms with Crippen LogP contribution in [0.25, 0.3) is 0 Å². The minimum absolute atomic E-state index is 0. The first-order chi connectivity index (χ1) is 8.78. The fraction of sp³-hybridized carbons (Fsp3) is 0.692. The summed E-state index contributed by atoms with van der Waals surface area (Å²) in [5.41, 5.74) is 0.976. The Hall–Kier alpha value is -0.360. The second-order valence-corrected chi connectivity index (χ2v) is 5.64. The topological polar surface area (TPSA) is 54.0 Å². The molecule has 0 bridgehead atoms. The van der Waals surface area contributed by atoms with Crippen LogP contribution in [-0.4, -0.2) is 23.5 Å². The quantitative estimate of drug-likeness (QED) is 0.837. The Kier molecular flexibility index (Phi) is 10.2. The Morgan fingerprint density at radius 3 is 2.95 bits per heavy atom. The molecular formula is C13H23Cl2N3OS. The van der Waals surface area contributed by atoms with Crippen LogP contribution in [-0.2, 0) is 17.8 Å².